The molecule has 0 aliphatic carbocycles. The van der Waals surface area contributed by atoms with E-state index in [1.807, 2.05) is 0 Å². The van der Waals surface area contributed by atoms with E-state index in [-0.39, 0.29) is 76.4 Å². The zero-order valence-electron chi connectivity index (χ0n) is 16.5. The molecule has 30 heavy (non-hydrogen) atoms. The topological polar surface area (TPSA) is 146 Å². The summed E-state index contributed by atoms with van der Waals surface area (Å²) in [4.78, 5) is 50.0. The molecule has 0 atom stereocenters. The molecule has 3 rings (SSSR count). The summed E-state index contributed by atoms with van der Waals surface area (Å²) in [5.41, 5.74) is 1.38. The summed E-state index contributed by atoms with van der Waals surface area (Å²) in [5.74, 6) is -0.378. The summed E-state index contributed by atoms with van der Waals surface area (Å²) in [6.45, 7) is -0.733. The number of hydrogen-bond acceptors (Lipinski definition) is 8. The fraction of sp³-hybridized carbons (Fsp3) is 0.118. The molecular weight excluding hydrogens is 435 g/mol. The van der Waals surface area contributed by atoms with Crippen LogP contribution in [0.15, 0.2) is 48.5 Å². The summed E-state index contributed by atoms with van der Waals surface area (Å²) >= 11 is 0. The predicted molar refractivity (Wildman–Crippen MR) is 94.3 cm³/mol. The van der Waals surface area contributed by atoms with Crippen molar-refractivity contribution in [3.8, 4) is 0 Å². The van der Waals surface area contributed by atoms with E-state index in [2.05, 4.69) is 19.6 Å². The molecule has 0 unspecified atom stereocenters. The molecule has 3 aromatic rings. The molecule has 1 N–H and O–H groups in total. The zero-order valence-corrected chi connectivity index (χ0v) is 21.4. The number of methoxy groups -OCH3 is 1. The van der Waals surface area contributed by atoms with Crippen molar-refractivity contribution in [2.75, 3.05) is 12.4 Å². The number of aromatic nitrogens is 2. The Morgan fingerprint density at radius 2 is 1.77 bits per heavy atom. The Balaban J connectivity index is 0.00000225. The Morgan fingerprint density at radius 1 is 1.10 bits per heavy atom. The van der Waals surface area contributed by atoms with Gasteiger partial charge in [-0.1, -0.05) is 30.3 Å². The number of amides is 1. The fourth-order valence-corrected chi connectivity index (χ4v) is 2.77. The molecule has 146 valence electrons. The van der Waals surface area contributed by atoms with Crippen molar-refractivity contribution in [2.45, 2.75) is 6.73 Å². The second-order valence-electron chi connectivity index (χ2n) is 5.58. The van der Waals surface area contributed by atoms with E-state index >= 15 is 0 Å². The average molecular weight is 449 g/mol. The van der Waals surface area contributed by atoms with Gasteiger partial charge < -0.3 is 23.6 Å². The number of phosphoric acid groups is 1. The Kier molecular flexibility index (Phi) is 10.4. The molecule has 1 amide bonds. The number of nitrogens with zero attached hydrogens (tertiary/aromatic N) is 2. The molecule has 13 heteroatoms. The standard InChI is InChI=1S/C17H16N3O7P.2Na/c1-26-17(22)19-16-18-13-8-7-12(15(21)11-5-3-2-4-6-11)9-14(13)20(16)10-27-28(23,24)25;;/h2-9H,10H2,1H3,(H,18,19,22)(H2,23,24,25);;/q;2*+1/p-2. The molecule has 0 radical (unpaired) electrons. The van der Waals surface area contributed by atoms with Crippen molar-refractivity contribution in [3.63, 3.8) is 0 Å². The van der Waals surface area contributed by atoms with Gasteiger partial charge in [-0.15, -0.1) is 0 Å². The largest absolute Gasteiger partial charge is 1.00 e. The molecule has 0 spiro atoms. The first kappa shape index (κ1) is 27.0. The van der Waals surface area contributed by atoms with E-state index in [1.54, 1.807) is 36.4 Å². The number of fused-ring (bicyclic) bond motifs is 1. The number of anilines is 1. The van der Waals surface area contributed by atoms with Crippen LogP contribution in [0.25, 0.3) is 11.0 Å². The Morgan fingerprint density at radius 3 is 2.37 bits per heavy atom. The van der Waals surface area contributed by atoms with Gasteiger partial charge in [0.1, 0.15) is 6.73 Å². The Bertz CT molecular complexity index is 1090. The summed E-state index contributed by atoms with van der Waals surface area (Å²) in [6, 6.07) is 13.1. The van der Waals surface area contributed by atoms with Gasteiger partial charge in [0.15, 0.2) is 5.78 Å². The number of hydrogen-bond donors (Lipinski definition) is 1. The monoisotopic (exact) mass is 449 g/mol. The Labute approximate surface area is 215 Å². The van der Waals surface area contributed by atoms with E-state index in [0.717, 1.165) is 11.7 Å². The van der Waals surface area contributed by atoms with Gasteiger partial charge in [-0.05, 0) is 18.2 Å². The third-order valence-electron chi connectivity index (χ3n) is 3.79. The molecule has 0 fully saturated rings. The molecular formula is C17H14N3Na2O7P. The summed E-state index contributed by atoms with van der Waals surface area (Å²) in [7, 11) is -4.15. The van der Waals surface area contributed by atoms with Crippen molar-refractivity contribution in [3.05, 3.63) is 59.7 Å². The van der Waals surface area contributed by atoms with Gasteiger partial charge in [0, 0.05) is 11.1 Å². The van der Waals surface area contributed by atoms with Gasteiger partial charge >= 0.3 is 65.2 Å². The molecule has 10 nitrogen and oxygen atoms in total. The van der Waals surface area contributed by atoms with Crippen molar-refractivity contribution < 1.29 is 92.3 Å². The number of rotatable bonds is 6. The van der Waals surface area contributed by atoms with Crippen molar-refractivity contribution >= 4 is 36.7 Å². The van der Waals surface area contributed by atoms with Crippen LogP contribution in [0.1, 0.15) is 15.9 Å². The van der Waals surface area contributed by atoms with Crippen molar-refractivity contribution in [1.82, 2.24) is 9.55 Å². The van der Waals surface area contributed by atoms with Gasteiger partial charge in [0.05, 0.1) is 26.0 Å². The number of carbonyl (C=O) groups is 2. The first-order chi connectivity index (χ1) is 13.3. The first-order valence-corrected chi connectivity index (χ1v) is 9.36. The minimum Gasteiger partial charge on any atom is -0.790 e. The van der Waals surface area contributed by atoms with E-state index in [1.165, 1.54) is 12.1 Å². The molecule has 1 heterocycles. The number of nitrogens with one attached hydrogen (secondary N) is 1. The number of benzene rings is 2. The summed E-state index contributed by atoms with van der Waals surface area (Å²) in [6.07, 6.45) is -0.857. The fourth-order valence-electron chi connectivity index (χ4n) is 2.52. The minimum atomic E-state index is -5.28. The van der Waals surface area contributed by atoms with Gasteiger partial charge in [-0.3, -0.25) is 14.7 Å². The second kappa shape index (κ2) is 11.5. The van der Waals surface area contributed by atoms with Gasteiger partial charge in [0.25, 0.3) is 0 Å². The normalized spacial score (nSPS) is 10.6. The van der Waals surface area contributed by atoms with Crippen LogP contribution >= 0.6 is 7.82 Å². The third-order valence-corrected chi connectivity index (χ3v) is 4.22. The quantitative estimate of drug-likeness (QED) is 0.224. The number of phosphoric ester groups is 1. The van der Waals surface area contributed by atoms with Crippen molar-refractivity contribution in [2.24, 2.45) is 0 Å². The second-order valence-corrected chi connectivity index (χ2v) is 6.74. The number of carbonyl (C=O) groups excluding carboxylic acids is 2. The van der Waals surface area contributed by atoms with Crippen LogP contribution in [0.3, 0.4) is 0 Å². The van der Waals surface area contributed by atoms with Crippen LogP contribution in [0.5, 0.6) is 0 Å². The van der Waals surface area contributed by atoms with Gasteiger partial charge in [-0.25, -0.2) is 9.78 Å². The SMILES string of the molecule is COC(=O)Nc1nc2ccc(C(=O)c3ccccc3)cc2n1COP(=O)([O-])[O-].[Na+].[Na+]. The maximum atomic E-state index is 12.7. The van der Waals surface area contributed by atoms with Crippen molar-refractivity contribution in [1.29, 1.82) is 0 Å². The smallest absolute Gasteiger partial charge is 0.790 e. The van der Waals surface area contributed by atoms with Crippen LogP contribution in [-0.2, 0) is 20.6 Å². The zero-order chi connectivity index (χ0) is 20.3. The number of ketones is 1. The number of ether oxygens (including phenoxy) is 1. The summed E-state index contributed by atoms with van der Waals surface area (Å²) in [5, 5.41) is 2.30. The van der Waals surface area contributed by atoms with Gasteiger partial charge in [-0.2, -0.15) is 0 Å². The number of imidazole rings is 1. The minimum absolute atomic E-state index is 0. The Hall–Kier alpha value is -1.04. The average Bonchev–Trinajstić information content (AvgIpc) is 3.01. The van der Waals surface area contributed by atoms with E-state index in [9.17, 15) is 23.9 Å². The van der Waals surface area contributed by atoms with Gasteiger partial charge in [0.2, 0.25) is 5.95 Å². The molecule has 0 saturated carbocycles. The van der Waals surface area contributed by atoms with E-state index < -0.39 is 20.6 Å². The molecule has 0 aliphatic heterocycles. The predicted octanol–water partition coefficient (Wildman–Crippen LogP) is -4.74. The van der Waals surface area contributed by atoms with Crippen LogP contribution in [0.2, 0.25) is 0 Å². The maximum absolute atomic E-state index is 12.7. The van der Waals surface area contributed by atoms with Crippen LogP contribution in [-0.4, -0.2) is 28.5 Å². The van der Waals surface area contributed by atoms with Crippen LogP contribution in [0, 0.1) is 0 Å². The molecule has 2 aromatic carbocycles. The molecule has 0 saturated heterocycles. The first-order valence-electron chi connectivity index (χ1n) is 7.90. The molecule has 0 aliphatic rings. The van der Waals surface area contributed by atoms with Crippen LogP contribution in [0.4, 0.5) is 10.7 Å². The van der Waals surface area contributed by atoms with Crippen LogP contribution < -0.4 is 74.2 Å². The third kappa shape index (κ3) is 6.73. The van der Waals surface area contributed by atoms with E-state index in [4.69, 9.17) is 0 Å². The maximum Gasteiger partial charge on any atom is 1.00 e. The molecule has 1 aromatic heterocycles. The summed E-state index contributed by atoms with van der Waals surface area (Å²) < 4.78 is 20.8. The molecule has 0 bridgehead atoms. The van der Waals surface area contributed by atoms with E-state index in [0.29, 0.717) is 16.6 Å².